The molecule has 0 heterocycles. The zero-order valence-electron chi connectivity index (χ0n) is 11.5. The highest BCUT2D eigenvalue weighted by atomic mass is 16.6. The number of nitrogens with zero attached hydrogens (tertiary/aromatic N) is 1. The number of nitro benzene ring substituents is 1. The van der Waals surface area contributed by atoms with Crippen LogP contribution in [0.25, 0.3) is 0 Å². The third kappa shape index (κ3) is 4.34. The van der Waals surface area contributed by atoms with Crippen LogP contribution in [0.15, 0.2) is 18.2 Å². The lowest BCUT2D eigenvalue weighted by molar-refractivity contribution is -0.385. The maximum absolute atomic E-state index is 11.6. The lowest BCUT2D eigenvalue weighted by Gasteiger charge is -2.13. The van der Waals surface area contributed by atoms with Crippen LogP contribution < -0.4 is 15.4 Å². The van der Waals surface area contributed by atoms with Crippen molar-refractivity contribution in [1.82, 2.24) is 5.32 Å². The summed E-state index contributed by atoms with van der Waals surface area (Å²) in [5, 5.41) is 24.3. The first-order valence-corrected chi connectivity index (χ1v) is 6.01. The van der Waals surface area contributed by atoms with Crippen molar-refractivity contribution >= 4 is 23.4 Å². The quantitative estimate of drug-likeness (QED) is 0.539. The summed E-state index contributed by atoms with van der Waals surface area (Å²) in [6.07, 6.45) is 0.214. The Morgan fingerprint density at radius 1 is 1.48 bits per heavy atom. The summed E-state index contributed by atoms with van der Waals surface area (Å²) in [5.74, 6) is -1.10. The molecule has 1 aromatic rings. The first-order valence-electron chi connectivity index (χ1n) is 6.01. The molecule has 3 N–H and O–H groups in total. The second kappa shape index (κ2) is 7.08. The number of carbonyl (C=O) groups is 2. The number of amides is 2. The van der Waals surface area contributed by atoms with E-state index in [1.165, 1.54) is 19.2 Å². The number of anilines is 1. The normalized spacial score (nSPS) is 11.3. The fourth-order valence-electron chi connectivity index (χ4n) is 1.57. The van der Waals surface area contributed by atoms with Crippen LogP contribution in [0.4, 0.5) is 16.2 Å². The fourth-order valence-corrected chi connectivity index (χ4v) is 1.57. The highest BCUT2D eigenvalue weighted by Crippen LogP contribution is 2.29. The van der Waals surface area contributed by atoms with Gasteiger partial charge in [-0.2, -0.15) is 0 Å². The summed E-state index contributed by atoms with van der Waals surface area (Å²) in [6, 6.07) is 2.08. The molecule has 9 heteroatoms. The molecule has 1 atom stereocenters. The van der Waals surface area contributed by atoms with Gasteiger partial charge in [-0.3, -0.25) is 10.1 Å². The molecule has 0 aromatic heterocycles. The van der Waals surface area contributed by atoms with Crippen LogP contribution in [0.5, 0.6) is 5.75 Å². The van der Waals surface area contributed by atoms with Crippen LogP contribution in [0, 0.1) is 10.1 Å². The Labute approximate surface area is 120 Å². The van der Waals surface area contributed by atoms with E-state index in [2.05, 4.69) is 10.6 Å². The van der Waals surface area contributed by atoms with E-state index in [9.17, 15) is 19.7 Å². The summed E-state index contributed by atoms with van der Waals surface area (Å²) in [5.41, 5.74) is -0.152. The van der Waals surface area contributed by atoms with Gasteiger partial charge in [-0.25, -0.2) is 9.59 Å². The van der Waals surface area contributed by atoms with Crippen molar-refractivity contribution in [3.8, 4) is 5.75 Å². The van der Waals surface area contributed by atoms with Gasteiger partial charge in [-0.1, -0.05) is 6.92 Å². The van der Waals surface area contributed by atoms with Crippen LogP contribution in [0.3, 0.4) is 0 Å². The Bertz CT molecular complexity index is 560. The van der Waals surface area contributed by atoms with E-state index in [0.717, 1.165) is 6.07 Å². The van der Waals surface area contributed by atoms with Crippen molar-refractivity contribution in [3.63, 3.8) is 0 Å². The van der Waals surface area contributed by atoms with Gasteiger partial charge in [0, 0.05) is 11.8 Å². The van der Waals surface area contributed by atoms with Crippen molar-refractivity contribution in [2.75, 3.05) is 12.4 Å². The van der Waals surface area contributed by atoms with E-state index in [-0.39, 0.29) is 23.5 Å². The van der Waals surface area contributed by atoms with Crippen LogP contribution in [0.2, 0.25) is 0 Å². The van der Waals surface area contributed by atoms with Crippen LogP contribution in [-0.2, 0) is 4.79 Å². The van der Waals surface area contributed by atoms with Gasteiger partial charge >= 0.3 is 17.7 Å². The third-order valence-electron chi connectivity index (χ3n) is 2.65. The highest BCUT2D eigenvalue weighted by molar-refractivity contribution is 5.92. The number of nitro groups is 1. The van der Waals surface area contributed by atoms with E-state index in [1.54, 1.807) is 6.92 Å². The van der Waals surface area contributed by atoms with Crippen molar-refractivity contribution in [2.24, 2.45) is 0 Å². The zero-order valence-corrected chi connectivity index (χ0v) is 11.5. The second-order valence-corrected chi connectivity index (χ2v) is 4.04. The minimum absolute atomic E-state index is 0.0583. The molecule has 0 saturated heterocycles. The Morgan fingerprint density at radius 3 is 2.62 bits per heavy atom. The number of rotatable bonds is 6. The molecule has 0 aliphatic rings. The molecular weight excluding hydrogens is 282 g/mol. The van der Waals surface area contributed by atoms with E-state index >= 15 is 0 Å². The van der Waals surface area contributed by atoms with Crippen molar-refractivity contribution in [1.29, 1.82) is 0 Å². The van der Waals surface area contributed by atoms with Gasteiger partial charge < -0.3 is 20.5 Å². The fraction of sp³-hybridized carbons (Fsp3) is 0.333. The largest absolute Gasteiger partial charge is 0.490 e. The van der Waals surface area contributed by atoms with Crippen molar-refractivity contribution in [2.45, 2.75) is 19.4 Å². The molecule has 9 nitrogen and oxygen atoms in total. The van der Waals surface area contributed by atoms with Gasteiger partial charge in [-0.05, 0) is 18.6 Å². The summed E-state index contributed by atoms with van der Waals surface area (Å²) >= 11 is 0. The molecule has 1 rings (SSSR count). The van der Waals surface area contributed by atoms with E-state index in [4.69, 9.17) is 9.84 Å². The number of methoxy groups -OCH3 is 1. The van der Waals surface area contributed by atoms with Gasteiger partial charge in [0.15, 0.2) is 5.75 Å². The molecule has 0 bridgehead atoms. The minimum Gasteiger partial charge on any atom is -0.490 e. The number of carboxylic acids is 1. The number of hydrogen-bond donors (Lipinski definition) is 3. The molecule has 1 aromatic carbocycles. The number of aliphatic carboxylic acids is 1. The van der Waals surface area contributed by atoms with Gasteiger partial charge in [0.1, 0.15) is 6.04 Å². The van der Waals surface area contributed by atoms with E-state index in [0.29, 0.717) is 0 Å². The Balaban J connectivity index is 2.83. The number of nitrogens with one attached hydrogen (secondary N) is 2. The number of carbonyl (C=O) groups excluding carboxylic acids is 1. The van der Waals surface area contributed by atoms with Gasteiger partial charge in [0.2, 0.25) is 0 Å². The molecule has 21 heavy (non-hydrogen) atoms. The van der Waals surface area contributed by atoms with Gasteiger partial charge in [-0.15, -0.1) is 0 Å². The van der Waals surface area contributed by atoms with Crippen molar-refractivity contribution < 1.29 is 24.4 Å². The van der Waals surface area contributed by atoms with E-state index in [1.807, 2.05) is 0 Å². The molecule has 0 unspecified atom stereocenters. The molecule has 0 aliphatic carbocycles. The standard InChI is InChI=1S/C12H15N3O6/c1-3-8(11(16)17)14-12(18)13-7-4-5-10(21-2)9(6-7)15(19)20/h4-6,8H,3H2,1-2H3,(H,16,17)(H2,13,14,18)/t8-/m0/s1. The average Bonchev–Trinajstić information content (AvgIpc) is 2.44. The molecule has 0 aliphatic heterocycles. The molecular formula is C12H15N3O6. The predicted octanol–water partition coefficient (Wildman–Crippen LogP) is 1.59. The monoisotopic (exact) mass is 297 g/mol. The van der Waals surface area contributed by atoms with E-state index < -0.39 is 23.0 Å². The van der Waals surface area contributed by atoms with Gasteiger partial charge in [0.05, 0.1) is 12.0 Å². The van der Waals surface area contributed by atoms with Crippen LogP contribution in [-0.4, -0.2) is 35.2 Å². The summed E-state index contributed by atoms with van der Waals surface area (Å²) in [4.78, 5) is 32.6. The number of urea groups is 1. The summed E-state index contributed by atoms with van der Waals surface area (Å²) in [7, 11) is 1.29. The van der Waals surface area contributed by atoms with Crippen molar-refractivity contribution in [3.05, 3.63) is 28.3 Å². The lowest BCUT2D eigenvalue weighted by Crippen LogP contribution is -2.42. The number of carboxylic acid groups (broad SMARTS) is 1. The zero-order chi connectivity index (χ0) is 16.0. The molecule has 0 spiro atoms. The highest BCUT2D eigenvalue weighted by Gasteiger charge is 2.19. The number of ether oxygens (including phenoxy) is 1. The summed E-state index contributed by atoms with van der Waals surface area (Å²) < 4.78 is 4.83. The van der Waals surface area contributed by atoms with Gasteiger partial charge in [0.25, 0.3) is 0 Å². The van der Waals surface area contributed by atoms with Crippen LogP contribution >= 0.6 is 0 Å². The number of hydrogen-bond acceptors (Lipinski definition) is 5. The van der Waals surface area contributed by atoms with Crippen LogP contribution in [0.1, 0.15) is 13.3 Å². The summed E-state index contributed by atoms with van der Waals surface area (Å²) in [6.45, 7) is 1.61. The smallest absolute Gasteiger partial charge is 0.326 e. The lowest BCUT2D eigenvalue weighted by atomic mass is 10.2. The first-order chi connectivity index (χ1) is 9.88. The Kier molecular flexibility index (Phi) is 5.47. The Morgan fingerprint density at radius 2 is 2.14 bits per heavy atom. The molecule has 2 amide bonds. The maximum Gasteiger partial charge on any atom is 0.326 e. The number of benzene rings is 1. The molecule has 114 valence electrons. The Hall–Kier alpha value is -2.84. The molecule has 0 saturated carbocycles. The minimum atomic E-state index is -1.16. The first kappa shape index (κ1) is 16.2. The second-order valence-electron chi connectivity index (χ2n) is 4.04. The maximum atomic E-state index is 11.6. The molecule has 0 radical (unpaired) electrons. The predicted molar refractivity (Wildman–Crippen MR) is 73.5 cm³/mol. The topological polar surface area (TPSA) is 131 Å². The SMILES string of the molecule is CC[C@H](NC(=O)Nc1ccc(OC)c([N+](=O)[O-])c1)C(=O)O. The molecule has 0 fully saturated rings. The third-order valence-corrected chi connectivity index (χ3v) is 2.65. The average molecular weight is 297 g/mol.